The molecule has 1 aromatic rings. The first kappa shape index (κ1) is 20.9. The first-order valence-corrected chi connectivity index (χ1v) is 10.8. The molecule has 2 amide bonds. The second kappa shape index (κ2) is 7.12. The van der Waals surface area contributed by atoms with E-state index in [0.29, 0.717) is 25.5 Å². The van der Waals surface area contributed by atoms with E-state index in [9.17, 15) is 9.59 Å². The summed E-state index contributed by atoms with van der Waals surface area (Å²) in [6.07, 6.45) is 2.88. The predicted octanol–water partition coefficient (Wildman–Crippen LogP) is 3.03. The number of carbonyl (C=O) groups excluding carboxylic acids is 2. The normalized spacial score (nSPS) is 30.3. The van der Waals surface area contributed by atoms with Crippen LogP contribution in [0.4, 0.5) is 5.69 Å². The van der Waals surface area contributed by atoms with E-state index < -0.39 is 17.5 Å². The van der Waals surface area contributed by atoms with Crippen molar-refractivity contribution in [1.29, 1.82) is 0 Å². The summed E-state index contributed by atoms with van der Waals surface area (Å²) < 4.78 is 5.58. The van der Waals surface area contributed by atoms with Crippen LogP contribution in [0.3, 0.4) is 0 Å². The van der Waals surface area contributed by atoms with Crippen LogP contribution in [0.15, 0.2) is 36.9 Å². The number of nitrogens with zero attached hydrogens (tertiary/aromatic N) is 2. The van der Waals surface area contributed by atoms with Gasteiger partial charge in [-0.2, -0.15) is 0 Å². The van der Waals surface area contributed by atoms with Gasteiger partial charge in [-0.15, -0.1) is 6.58 Å². The van der Waals surface area contributed by atoms with Crippen molar-refractivity contribution in [3.05, 3.63) is 42.5 Å². The Bertz CT molecular complexity index is 880. The largest absolute Gasteiger partial charge is 0.364 e. The summed E-state index contributed by atoms with van der Waals surface area (Å²) in [4.78, 5) is 30.9. The molecule has 4 unspecified atom stereocenters. The van der Waals surface area contributed by atoms with E-state index in [0.717, 1.165) is 11.3 Å². The summed E-state index contributed by atoms with van der Waals surface area (Å²) in [5.74, 6) is 0.265. The molecule has 0 bridgehead atoms. The topological polar surface area (TPSA) is 61.9 Å². The lowest BCUT2D eigenvalue weighted by Gasteiger charge is -2.46. The van der Waals surface area contributed by atoms with E-state index in [1.54, 1.807) is 7.11 Å². The number of amides is 2. The van der Waals surface area contributed by atoms with Crippen LogP contribution in [0.2, 0.25) is 0 Å². The SMILES string of the molecule is C=CC(C)(C)C12CC3C(=O)NC(CC(C)C)C(=O)N3C1N(COC)c1ccccc12. The first-order chi connectivity index (χ1) is 14.2. The molecule has 4 rings (SSSR count). The van der Waals surface area contributed by atoms with Crippen LogP contribution >= 0.6 is 0 Å². The number of hydrogen-bond acceptors (Lipinski definition) is 4. The maximum absolute atomic E-state index is 13.7. The van der Waals surface area contributed by atoms with Crippen LogP contribution < -0.4 is 10.2 Å². The number of benzene rings is 1. The third-order valence-corrected chi connectivity index (χ3v) is 7.35. The minimum absolute atomic E-state index is 0.00828. The van der Waals surface area contributed by atoms with Gasteiger partial charge in [-0.05, 0) is 35.8 Å². The van der Waals surface area contributed by atoms with E-state index in [4.69, 9.17) is 4.74 Å². The van der Waals surface area contributed by atoms with Crippen molar-refractivity contribution < 1.29 is 14.3 Å². The van der Waals surface area contributed by atoms with E-state index in [-0.39, 0.29) is 23.4 Å². The summed E-state index contributed by atoms with van der Waals surface area (Å²) in [6, 6.07) is 7.30. The molecule has 3 heterocycles. The molecule has 0 radical (unpaired) electrons. The molecule has 2 fully saturated rings. The molecule has 0 aromatic heterocycles. The number of fused-ring (bicyclic) bond motifs is 5. The van der Waals surface area contributed by atoms with E-state index >= 15 is 0 Å². The van der Waals surface area contributed by atoms with Gasteiger partial charge in [0.2, 0.25) is 11.8 Å². The summed E-state index contributed by atoms with van der Waals surface area (Å²) in [5, 5.41) is 3.01. The number of carbonyl (C=O) groups is 2. The highest BCUT2D eigenvalue weighted by atomic mass is 16.5. The fourth-order valence-electron chi connectivity index (χ4n) is 5.85. The van der Waals surface area contributed by atoms with Gasteiger partial charge in [0.1, 0.15) is 25.0 Å². The van der Waals surface area contributed by atoms with Gasteiger partial charge in [-0.1, -0.05) is 52.0 Å². The summed E-state index contributed by atoms with van der Waals surface area (Å²) in [5.41, 5.74) is 1.43. The number of hydrogen-bond donors (Lipinski definition) is 1. The van der Waals surface area contributed by atoms with Crippen molar-refractivity contribution in [2.24, 2.45) is 11.3 Å². The lowest BCUT2D eigenvalue weighted by Crippen LogP contribution is -2.66. The molecule has 1 N–H and O–H groups in total. The molecule has 1 aromatic carbocycles. The van der Waals surface area contributed by atoms with Crippen molar-refractivity contribution in [2.75, 3.05) is 18.7 Å². The van der Waals surface area contributed by atoms with Crippen LogP contribution in [-0.4, -0.2) is 48.8 Å². The lowest BCUT2D eigenvalue weighted by molar-refractivity contribution is -0.150. The van der Waals surface area contributed by atoms with Crippen molar-refractivity contribution >= 4 is 17.5 Å². The maximum atomic E-state index is 13.7. The second-order valence-electron chi connectivity index (χ2n) is 9.83. The quantitative estimate of drug-likeness (QED) is 0.731. The monoisotopic (exact) mass is 411 g/mol. The van der Waals surface area contributed by atoms with Gasteiger partial charge < -0.3 is 19.9 Å². The molecule has 0 saturated carbocycles. The summed E-state index contributed by atoms with van der Waals surface area (Å²) in [7, 11) is 1.67. The van der Waals surface area contributed by atoms with Crippen LogP contribution in [0.5, 0.6) is 0 Å². The van der Waals surface area contributed by atoms with Gasteiger partial charge in [0.15, 0.2) is 0 Å². The fraction of sp³-hybridized carbons (Fsp3) is 0.583. The molecular weight excluding hydrogens is 378 g/mol. The van der Waals surface area contributed by atoms with Gasteiger partial charge >= 0.3 is 0 Å². The number of rotatable bonds is 6. The third-order valence-electron chi connectivity index (χ3n) is 7.35. The predicted molar refractivity (Wildman–Crippen MR) is 117 cm³/mol. The van der Waals surface area contributed by atoms with E-state index in [1.165, 1.54) is 0 Å². The molecule has 3 aliphatic heterocycles. The number of nitrogens with one attached hydrogen (secondary N) is 1. The van der Waals surface area contributed by atoms with E-state index in [2.05, 4.69) is 56.6 Å². The van der Waals surface area contributed by atoms with Crippen LogP contribution in [-0.2, 0) is 19.7 Å². The molecule has 6 nitrogen and oxygen atoms in total. The zero-order valence-corrected chi connectivity index (χ0v) is 18.6. The van der Waals surface area contributed by atoms with Gasteiger partial charge in [-0.3, -0.25) is 9.59 Å². The van der Waals surface area contributed by atoms with Crippen molar-refractivity contribution in [3.63, 3.8) is 0 Å². The number of piperazine rings is 1. The van der Waals surface area contributed by atoms with Crippen LogP contribution in [0, 0.1) is 11.3 Å². The zero-order valence-electron chi connectivity index (χ0n) is 18.6. The smallest absolute Gasteiger partial charge is 0.247 e. The van der Waals surface area contributed by atoms with Crippen molar-refractivity contribution in [2.45, 2.75) is 64.2 Å². The molecular formula is C24H33N3O3. The number of methoxy groups -OCH3 is 1. The Hall–Kier alpha value is -2.34. The van der Waals surface area contributed by atoms with Crippen LogP contribution in [0.1, 0.15) is 46.1 Å². The maximum Gasteiger partial charge on any atom is 0.247 e. The number of anilines is 1. The lowest BCUT2D eigenvalue weighted by atomic mass is 9.60. The molecule has 162 valence electrons. The fourth-order valence-corrected chi connectivity index (χ4v) is 5.85. The van der Waals surface area contributed by atoms with Crippen molar-refractivity contribution in [1.82, 2.24) is 10.2 Å². The summed E-state index contributed by atoms with van der Waals surface area (Å²) >= 11 is 0. The average molecular weight is 412 g/mol. The molecule has 2 saturated heterocycles. The van der Waals surface area contributed by atoms with Crippen molar-refractivity contribution in [3.8, 4) is 0 Å². The highest BCUT2D eigenvalue weighted by Crippen LogP contribution is 2.62. The zero-order chi connectivity index (χ0) is 21.8. The Labute approximate surface area is 179 Å². The van der Waals surface area contributed by atoms with Gasteiger partial charge in [-0.25, -0.2) is 0 Å². The third kappa shape index (κ3) is 2.66. The molecule has 6 heteroatoms. The molecule has 4 atom stereocenters. The number of allylic oxidation sites excluding steroid dienone is 1. The van der Waals surface area contributed by atoms with Gasteiger partial charge in [0.25, 0.3) is 0 Å². The van der Waals surface area contributed by atoms with Crippen LogP contribution in [0.25, 0.3) is 0 Å². The molecule has 3 aliphatic rings. The number of para-hydroxylation sites is 1. The highest BCUT2D eigenvalue weighted by molar-refractivity contribution is 5.99. The highest BCUT2D eigenvalue weighted by Gasteiger charge is 2.69. The minimum atomic E-state index is -0.488. The second-order valence-corrected chi connectivity index (χ2v) is 9.83. The van der Waals surface area contributed by atoms with Gasteiger partial charge in [0, 0.05) is 18.2 Å². The standard InChI is InChI=1S/C24H33N3O3/c1-7-23(4,5)24-13-19-20(28)25-17(12-15(2)3)21(29)27(19)22(24)26(14-30-6)18-11-9-8-10-16(18)24/h7-11,15,17,19,22H,1,12-14H2,2-6H3,(H,25,28). The molecule has 0 spiro atoms. The molecule has 0 aliphatic carbocycles. The Morgan fingerprint density at radius 3 is 2.67 bits per heavy atom. The minimum Gasteiger partial charge on any atom is -0.364 e. The Morgan fingerprint density at radius 1 is 1.33 bits per heavy atom. The Kier molecular flexibility index (Phi) is 4.96. The Balaban J connectivity index is 1.91. The number of ether oxygens (including phenoxy) is 1. The molecule has 30 heavy (non-hydrogen) atoms. The Morgan fingerprint density at radius 2 is 2.03 bits per heavy atom. The summed E-state index contributed by atoms with van der Waals surface area (Å²) in [6.45, 7) is 12.9. The van der Waals surface area contributed by atoms with Gasteiger partial charge in [0.05, 0.1) is 0 Å². The first-order valence-electron chi connectivity index (χ1n) is 10.8. The average Bonchev–Trinajstić information content (AvgIpc) is 3.20. The van der Waals surface area contributed by atoms with E-state index in [1.807, 2.05) is 23.1 Å².